The molecule has 0 aliphatic heterocycles. The van der Waals surface area contributed by atoms with E-state index < -0.39 is 12.1 Å². The van der Waals surface area contributed by atoms with Crippen LogP contribution in [0.1, 0.15) is 44.3 Å². The summed E-state index contributed by atoms with van der Waals surface area (Å²) in [6.45, 7) is 0.203. The van der Waals surface area contributed by atoms with Crippen LogP contribution < -0.4 is 14.2 Å². The Labute approximate surface area is 294 Å². The first kappa shape index (κ1) is 33.2. The lowest BCUT2D eigenvalue weighted by atomic mass is 9.97. The van der Waals surface area contributed by atoms with Gasteiger partial charge in [-0.2, -0.15) is 0 Å². The minimum Gasteiger partial charge on any atom is -0.497 e. The maximum Gasteiger partial charge on any atom is 0.339 e. The van der Waals surface area contributed by atoms with Crippen LogP contribution >= 0.6 is 0 Å². The van der Waals surface area contributed by atoms with Crippen molar-refractivity contribution in [3.05, 3.63) is 161 Å². The zero-order valence-electron chi connectivity index (χ0n) is 28.3. The van der Waals surface area contributed by atoms with Gasteiger partial charge in [-0.05, 0) is 59.0 Å². The molecule has 0 radical (unpaired) electrons. The molecule has 0 saturated heterocycles. The zero-order valence-corrected chi connectivity index (χ0v) is 28.3. The van der Waals surface area contributed by atoms with Gasteiger partial charge in [0.15, 0.2) is 5.75 Å². The van der Waals surface area contributed by atoms with Crippen LogP contribution in [0.5, 0.6) is 23.1 Å². The zero-order chi connectivity index (χ0) is 35.5. The molecular formula is C42H35FN2O6. The molecular weight excluding hydrogens is 647 g/mol. The first-order chi connectivity index (χ1) is 24.9. The maximum absolute atomic E-state index is 13.7. The van der Waals surface area contributed by atoms with E-state index in [0.717, 1.165) is 27.8 Å². The molecule has 0 fully saturated rings. The summed E-state index contributed by atoms with van der Waals surface area (Å²) in [5.74, 6) is 0.456. The van der Waals surface area contributed by atoms with Gasteiger partial charge < -0.3 is 28.6 Å². The highest BCUT2D eigenvalue weighted by molar-refractivity contribution is 6.20. The van der Waals surface area contributed by atoms with Gasteiger partial charge in [-0.1, -0.05) is 72.8 Å². The lowest BCUT2D eigenvalue weighted by Gasteiger charge is -2.22. The van der Waals surface area contributed by atoms with Crippen LogP contribution in [-0.4, -0.2) is 42.0 Å². The van der Waals surface area contributed by atoms with Crippen molar-refractivity contribution in [3.63, 3.8) is 0 Å². The van der Waals surface area contributed by atoms with Crippen molar-refractivity contribution < 1.29 is 33.2 Å². The Morgan fingerprint density at radius 2 is 1.51 bits per heavy atom. The Kier molecular flexibility index (Phi) is 9.26. The van der Waals surface area contributed by atoms with Crippen LogP contribution in [0.25, 0.3) is 21.7 Å². The van der Waals surface area contributed by atoms with E-state index in [1.807, 2.05) is 78.9 Å². The Morgan fingerprint density at radius 3 is 2.14 bits per heavy atom. The lowest BCUT2D eigenvalue weighted by molar-refractivity contribution is 0.0605. The molecule has 256 valence electrons. The second kappa shape index (κ2) is 14.2. The van der Waals surface area contributed by atoms with Crippen molar-refractivity contribution >= 4 is 27.6 Å². The molecule has 7 rings (SSSR count). The maximum atomic E-state index is 13.7. The number of carbonyl (C=O) groups excluding carboxylic acids is 1. The molecule has 0 amide bonds. The largest absolute Gasteiger partial charge is 0.497 e. The van der Waals surface area contributed by atoms with Gasteiger partial charge in [0.1, 0.15) is 28.9 Å². The molecule has 0 bridgehead atoms. The van der Waals surface area contributed by atoms with Gasteiger partial charge in [-0.15, -0.1) is 0 Å². The third-order valence-corrected chi connectivity index (χ3v) is 8.96. The summed E-state index contributed by atoms with van der Waals surface area (Å²) < 4.78 is 38.7. The highest BCUT2D eigenvalue weighted by Crippen LogP contribution is 2.46. The molecule has 8 nitrogen and oxygen atoms in total. The van der Waals surface area contributed by atoms with Gasteiger partial charge in [-0.3, -0.25) is 4.98 Å². The molecule has 2 aromatic heterocycles. The highest BCUT2D eigenvalue weighted by atomic mass is 19.1. The van der Waals surface area contributed by atoms with Gasteiger partial charge in [0.2, 0.25) is 5.88 Å². The first-order valence-corrected chi connectivity index (χ1v) is 16.3. The molecule has 9 heteroatoms. The fraction of sp³-hybridized carbons (Fsp3) is 0.143. The summed E-state index contributed by atoms with van der Waals surface area (Å²) in [4.78, 5) is 18.6. The van der Waals surface area contributed by atoms with Gasteiger partial charge in [0.25, 0.3) is 0 Å². The molecule has 1 N–H and O–H groups in total. The molecule has 7 aromatic rings. The number of methoxy groups -OCH3 is 3. The van der Waals surface area contributed by atoms with E-state index >= 15 is 0 Å². The summed E-state index contributed by atoms with van der Waals surface area (Å²) in [6, 6.07) is 33.2. The Bertz CT molecular complexity index is 2300. The lowest BCUT2D eigenvalue weighted by Crippen LogP contribution is -2.11. The summed E-state index contributed by atoms with van der Waals surface area (Å²) >= 11 is 0. The Balaban J connectivity index is 1.48. The third kappa shape index (κ3) is 6.53. The van der Waals surface area contributed by atoms with Crippen LogP contribution in [0.4, 0.5) is 4.39 Å². The number of carbonyl (C=O) groups is 1. The molecule has 5 aromatic carbocycles. The molecule has 51 heavy (non-hydrogen) atoms. The monoisotopic (exact) mass is 682 g/mol. The smallest absolute Gasteiger partial charge is 0.339 e. The number of fused-ring (bicyclic) bond motifs is 2. The molecule has 0 spiro atoms. The summed E-state index contributed by atoms with van der Waals surface area (Å²) in [7, 11) is 4.47. The topological polar surface area (TPSA) is 92.0 Å². The van der Waals surface area contributed by atoms with Crippen molar-refractivity contribution in [2.24, 2.45) is 0 Å². The number of ether oxygens (including phenoxy) is 4. The Hall–Kier alpha value is -6.35. The van der Waals surface area contributed by atoms with Gasteiger partial charge in [-0.25, -0.2) is 9.18 Å². The predicted molar refractivity (Wildman–Crippen MR) is 193 cm³/mol. The van der Waals surface area contributed by atoms with Gasteiger partial charge >= 0.3 is 5.97 Å². The van der Waals surface area contributed by atoms with Crippen LogP contribution in [0.2, 0.25) is 0 Å². The summed E-state index contributed by atoms with van der Waals surface area (Å²) in [5, 5.41) is 13.3. The van der Waals surface area contributed by atoms with Crippen molar-refractivity contribution in [3.8, 4) is 23.1 Å². The van der Waals surface area contributed by atoms with Crippen LogP contribution in [-0.2, 0) is 17.7 Å². The number of rotatable bonds is 11. The second-order valence-electron chi connectivity index (χ2n) is 12.1. The van der Waals surface area contributed by atoms with Crippen molar-refractivity contribution in [2.75, 3.05) is 21.3 Å². The molecule has 2 heterocycles. The SMILES string of the molecule is COC(=O)c1c2cc(Cc3ccc(F)cc3)cnc2c(OC(c2ccccc2)c2ccccc2)c2c(O)n(Cc3ccc(OC)cc3OC)cc12. The number of pyridine rings is 1. The number of aromatic hydroxyl groups is 1. The van der Waals surface area contributed by atoms with E-state index in [4.69, 9.17) is 23.9 Å². The molecule has 0 atom stereocenters. The fourth-order valence-electron chi connectivity index (χ4n) is 6.46. The average Bonchev–Trinajstić information content (AvgIpc) is 3.49. The highest BCUT2D eigenvalue weighted by Gasteiger charge is 2.29. The number of nitrogens with zero attached hydrogens (tertiary/aromatic N) is 2. The minimum absolute atomic E-state index is 0.123. The second-order valence-corrected chi connectivity index (χ2v) is 12.1. The third-order valence-electron chi connectivity index (χ3n) is 8.96. The molecule has 0 saturated carbocycles. The number of benzene rings is 5. The number of halogens is 1. The number of hydrogen-bond acceptors (Lipinski definition) is 7. The van der Waals surface area contributed by atoms with E-state index in [9.17, 15) is 14.3 Å². The van der Waals surface area contributed by atoms with E-state index in [2.05, 4.69) is 0 Å². The van der Waals surface area contributed by atoms with E-state index in [0.29, 0.717) is 45.3 Å². The molecule has 0 unspecified atom stereocenters. The van der Waals surface area contributed by atoms with Gasteiger partial charge in [0, 0.05) is 34.8 Å². The van der Waals surface area contributed by atoms with Gasteiger partial charge in [0.05, 0.1) is 38.8 Å². The predicted octanol–water partition coefficient (Wildman–Crippen LogP) is 8.65. The van der Waals surface area contributed by atoms with E-state index in [1.54, 1.807) is 49.4 Å². The van der Waals surface area contributed by atoms with Crippen LogP contribution in [0.3, 0.4) is 0 Å². The summed E-state index contributed by atoms with van der Waals surface area (Å²) in [6.07, 6.45) is 3.28. The molecule has 0 aliphatic carbocycles. The van der Waals surface area contributed by atoms with Crippen LogP contribution in [0, 0.1) is 5.82 Å². The Morgan fingerprint density at radius 1 is 0.824 bits per heavy atom. The molecule has 0 aliphatic rings. The average molecular weight is 683 g/mol. The van der Waals surface area contributed by atoms with Crippen LogP contribution in [0.15, 0.2) is 122 Å². The van der Waals surface area contributed by atoms with E-state index in [1.165, 1.54) is 19.2 Å². The van der Waals surface area contributed by atoms with Crippen molar-refractivity contribution in [1.82, 2.24) is 9.55 Å². The van der Waals surface area contributed by atoms with Crippen molar-refractivity contribution in [2.45, 2.75) is 19.1 Å². The minimum atomic E-state index is -0.598. The normalized spacial score (nSPS) is 11.2. The number of aromatic nitrogens is 2. The fourth-order valence-corrected chi connectivity index (χ4v) is 6.46. The number of hydrogen-bond donors (Lipinski definition) is 1. The van der Waals surface area contributed by atoms with Crippen molar-refractivity contribution in [1.29, 1.82) is 0 Å². The first-order valence-electron chi connectivity index (χ1n) is 16.3. The summed E-state index contributed by atoms with van der Waals surface area (Å²) in [5.41, 5.74) is 4.81. The standard InChI is InChI=1S/C42H35FN2O6/c1-48-32-19-16-30(35(22-32)49-2)24-45-25-34-36(42(47)50-3)33-21-27(20-26-14-17-31(43)18-15-26)23-44-38(33)40(37(34)41(45)46)51-39(28-10-6-4-7-11-28)29-12-8-5-9-13-29/h4-19,21-23,25,39,46H,20,24H2,1-3H3. The quantitative estimate of drug-likeness (QED) is 0.137. The van der Waals surface area contributed by atoms with E-state index in [-0.39, 0.29) is 23.8 Å². The number of esters is 1.